The average molecular weight is 203 g/mol. The second kappa shape index (κ2) is 6.14. The molecule has 1 rings (SSSR count). The number of aldehydes is 1. The number of rotatable bonds is 5. The molecule has 0 aliphatic carbocycles. The standard InChI is InChI=1S/C13H17NO/c1-11-6-7-13(10-15)12(9-11)5-3-4-8-14-2/h3,5-7,9-10,14H,4,8H2,1-2H3. The maximum absolute atomic E-state index is 10.8. The summed E-state index contributed by atoms with van der Waals surface area (Å²) in [5.74, 6) is 0. The van der Waals surface area contributed by atoms with Gasteiger partial charge in [-0.05, 0) is 32.5 Å². The summed E-state index contributed by atoms with van der Waals surface area (Å²) in [6, 6.07) is 5.84. The lowest BCUT2D eigenvalue weighted by Crippen LogP contribution is -2.05. The number of carbonyl (C=O) groups is 1. The molecule has 0 fully saturated rings. The molecular weight excluding hydrogens is 186 g/mol. The third-order valence-electron chi connectivity index (χ3n) is 2.23. The SMILES string of the molecule is CNCCC=Cc1cc(C)ccc1C=O. The molecule has 1 N–H and O–H groups in total. The third kappa shape index (κ3) is 3.68. The van der Waals surface area contributed by atoms with Gasteiger partial charge in [0.05, 0.1) is 0 Å². The van der Waals surface area contributed by atoms with Crippen LogP contribution in [0.2, 0.25) is 0 Å². The molecule has 0 atom stereocenters. The van der Waals surface area contributed by atoms with Crippen LogP contribution >= 0.6 is 0 Å². The molecule has 0 amide bonds. The van der Waals surface area contributed by atoms with Gasteiger partial charge in [0.15, 0.2) is 6.29 Å². The monoisotopic (exact) mass is 203 g/mol. The van der Waals surface area contributed by atoms with Crippen molar-refractivity contribution in [3.05, 3.63) is 41.0 Å². The summed E-state index contributed by atoms with van der Waals surface area (Å²) in [6.07, 6.45) is 5.96. The van der Waals surface area contributed by atoms with Crippen LogP contribution in [-0.2, 0) is 0 Å². The smallest absolute Gasteiger partial charge is 0.150 e. The normalized spacial score (nSPS) is 10.8. The van der Waals surface area contributed by atoms with E-state index in [2.05, 4.69) is 11.4 Å². The Morgan fingerprint density at radius 2 is 2.13 bits per heavy atom. The summed E-state index contributed by atoms with van der Waals surface area (Å²) in [5.41, 5.74) is 2.93. The number of aryl methyl sites for hydroxylation is 1. The summed E-state index contributed by atoms with van der Waals surface area (Å²) in [5, 5.41) is 3.07. The van der Waals surface area contributed by atoms with Crippen LogP contribution in [0, 0.1) is 6.92 Å². The van der Waals surface area contributed by atoms with Gasteiger partial charge in [0.2, 0.25) is 0 Å². The zero-order valence-corrected chi connectivity index (χ0v) is 9.29. The Labute approximate surface area is 91.0 Å². The van der Waals surface area contributed by atoms with Crippen LogP contribution in [0.4, 0.5) is 0 Å². The van der Waals surface area contributed by atoms with E-state index < -0.39 is 0 Å². The fraction of sp³-hybridized carbons (Fsp3) is 0.308. The molecule has 0 spiro atoms. The van der Waals surface area contributed by atoms with Gasteiger partial charge in [-0.3, -0.25) is 4.79 Å². The van der Waals surface area contributed by atoms with Crippen molar-refractivity contribution in [2.75, 3.05) is 13.6 Å². The molecule has 2 heteroatoms. The molecule has 1 aromatic carbocycles. The highest BCUT2D eigenvalue weighted by molar-refractivity contribution is 5.82. The average Bonchev–Trinajstić information content (AvgIpc) is 2.25. The van der Waals surface area contributed by atoms with Crippen molar-refractivity contribution < 1.29 is 4.79 Å². The first kappa shape index (κ1) is 11.7. The van der Waals surface area contributed by atoms with Gasteiger partial charge in [0.1, 0.15) is 0 Å². The van der Waals surface area contributed by atoms with E-state index >= 15 is 0 Å². The highest BCUT2D eigenvalue weighted by Crippen LogP contribution is 2.11. The van der Waals surface area contributed by atoms with Crippen LogP contribution in [0.25, 0.3) is 6.08 Å². The molecule has 0 aliphatic rings. The van der Waals surface area contributed by atoms with E-state index in [0.717, 1.165) is 30.4 Å². The van der Waals surface area contributed by atoms with Gasteiger partial charge in [-0.1, -0.05) is 35.9 Å². The number of hydrogen-bond donors (Lipinski definition) is 1. The van der Waals surface area contributed by atoms with E-state index in [4.69, 9.17) is 0 Å². The summed E-state index contributed by atoms with van der Waals surface area (Å²) < 4.78 is 0. The third-order valence-corrected chi connectivity index (χ3v) is 2.23. The van der Waals surface area contributed by atoms with Gasteiger partial charge >= 0.3 is 0 Å². The van der Waals surface area contributed by atoms with Crippen LogP contribution in [0.15, 0.2) is 24.3 Å². The molecule has 0 bridgehead atoms. The summed E-state index contributed by atoms with van der Waals surface area (Å²) >= 11 is 0. The molecular formula is C13H17NO. The lowest BCUT2D eigenvalue weighted by Gasteiger charge is -2.00. The van der Waals surface area contributed by atoms with E-state index in [9.17, 15) is 4.79 Å². The van der Waals surface area contributed by atoms with Crippen LogP contribution in [0.5, 0.6) is 0 Å². The number of carbonyl (C=O) groups excluding carboxylic acids is 1. The van der Waals surface area contributed by atoms with Crippen LogP contribution in [0.1, 0.15) is 27.9 Å². The number of benzene rings is 1. The van der Waals surface area contributed by atoms with Gasteiger partial charge in [-0.2, -0.15) is 0 Å². The Kier molecular flexibility index (Phi) is 4.78. The Balaban J connectivity index is 2.78. The topological polar surface area (TPSA) is 29.1 Å². The molecule has 80 valence electrons. The minimum absolute atomic E-state index is 0.751. The van der Waals surface area contributed by atoms with Crippen molar-refractivity contribution in [3.63, 3.8) is 0 Å². The zero-order chi connectivity index (χ0) is 11.1. The molecule has 0 saturated heterocycles. The van der Waals surface area contributed by atoms with Crippen LogP contribution in [0.3, 0.4) is 0 Å². The van der Waals surface area contributed by atoms with Gasteiger partial charge < -0.3 is 5.32 Å². The predicted octanol–water partition coefficient (Wildman–Crippen LogP) is 2.43. The largest absolute Gasteiger partial charge is 0.319 e. The minimum Gasteiger partial charge on any atom is -0.319 e. The second-order valence-corrected chi connectivity index (χ2v) is 3.54. The van der Waals surface area contributed by atoms with Crippen molar-refractivity contribution in [2.45, 2.75) is 13.3 Å². The molecule has 0 unspecified atom stereocenters. The minimum atomic E-state index is 0.751. The van der Waals surface area contributed by atoms with Crippen molar-refractivity contribution in [1.82, 2.24) is 5.32 Å². The van der Waals surface area contributed by atoms with Crippen LogP contribution < -0.4 is 5.32 Å². The molecule has 0 heterocycles. The van der Waals surface area contributed by atoms with Crippen LogP contribution in [-0.4, -0.2) is 19.9 Å². The van der Waals surface area contributed by atoms with E-state index in [1.165, 1.54) is 5.56 Å². The van der Waals surface area contributed by atoms with E-state index in [-0.39, 0.29) is 0 Å². The summed E-state index contributed by atoms with van der Waals surface area (Å²) in [4.78, 5) is 10.8. The lowest BCUT2D eigenvalue weighted by molar-refractivity contribution is 0.112. The lowest BCUT2D eigenvalue weighted by atomic mass is 10.0. The van der Waals surface area contributed by atoms with Gasteiger partial charge in [-0.25, -0.2) is 0 Å². The number of nitrogens with one attached hydrogen (secondary N) is 1. The van der Waals surface area contributed by atoms with E-state index in [0.29, 0.717) is 0 Å². The van der Waals surface area contributed by atoms with E-state index in [1.807, 2.05) is 38.2 Å². The summed E-state index contributed by atoms with van der Waals surface area (Å²) in [7, 11) is 1.93. The van der Waals surface area contributed by atoms with Gasteiger partial charge in [0.25, 0.3) is 0 Å². The second-order valence-electron chi connectivity index (χ2n) is 3.54. The molecule has 0 aliphatic heterocycles. The van der Waals surface area contributed by atoms with E-state index in [1.54, 1.807) is 0 Å². The summed E-state index contributed by atoms with van der Waals surface area (Å²) in [6.45, 7) is 2.98. The molecule has 2 nitrogen and oxygen atoms in total. The first-order chi connectivity index (χ1) is 7.27. The maximum atomic E-state index is 10.8. The van der Waals surface area contributed by atoms with Crippen molar-refractivity contribution >= 4 is 12.4 Å². The zero-order valence-electron chi connectivity index (χ0n) is 9.29. The Bertz CT molecular complexity index is 356. The molecule has 0 radical (unpaired) electrons. The quantitative estimate of drug-likeness (QED) is 0.588. The first-order valence-corrected chi connectivity index (χ1v) is 5.15. The maximum Gasteiger partial charge on any atom is 0.150 e. The van der Waals surface area contributed by atoms with Crippen molar-refractivity contribution in [2.24, 2.45) is 0 Å². The highest BCUT2D eigenvalue weighted by Gasteiger charge is 1.97. The highest BCUT2D eigenvalue weighted by atomic mass is 16.1. The Morgan fingerprint density at radius 1 is 1.33 bits per heavy atom. The van der Waals surface area contributed by atoms with Gasteiger partial charge in [-0.15, -0.1) is 0 Å². The molecule has 0 saturated carbocycles. The van der Waals surface area contributed by atoms with Crippen molar-refractivity contribution in [1.29, 1.82) is 0 Å². The molecule has 15 heavy (non-hydrogen) atoms. The predicted molar refractivity (Wildman–Crippen MR) is 64.1 cm³/mol. The first-order valence-electron chi connectivity index (χ1n) is 5.15. The Hall–Kier alpha value is -1.41. The fourth-order valence-corrected chi connectivity index (χ4v) is 1.38. The number of hydrogen-bond acceptors (Lipinski definition) is 2. The molecule has 0 aromatic heterocycles. The van der Waals surface area contributed by atoms with Crippen molar-refractivity contribution in [3.8, 4) is 0 Å². The Morgan fingerprint density at radius 3 is 2.80 bits per heavy atom. The van der Waals surface area contributed by atoms with Gasteiger partial charge in [0, 0.05) is 5.56 Å². The fourth-order valence-electron chi connectivity index (χ4n) is 1.38. The molecule has 1 aromatic rings.